The Labute approximate surface area is 124 Å². The van der Waals surface area contributed by atoms with Crippen molar-refractivity contribution in [2.45, 2.75) is 26.3 Å². The lowest BCUT2D eigenvalue weighted by molar-refractivity contribution is -0.121. The van der Waals surface area contributed by atoms with Crippen molar-refractivity contribution in [1.82, 2.24) is 10.3 Å². The van der Waals surface area contributed by atoms with Crippen LogP contribution < -0.4 is 10.6 Å². The number of nitriles is 1. The molecule has 0 bridgehead atoms. The van der Waals surface area contributed by atoms with Crippen LogP contribution in [0.2, 0.25) is 0 Å². The van der Waals surface area contributed by atoms with Gasteiger partial charge in [-0.15, -0.1) is 0 Å². The van der Waals surface area contributed by atoms with Crippen molar-refractivity contribution in [3.05, 3.63) is 35.9 Å². The van der Waals surface area contributed by atoms with Crippen LogP contribution in [0.25, 0.3) is 10.9 Å². The number of rotatable bonds is 5. The molecule has 1 aromatic heterocycles. The SMILES string of the molecule is CC(C)NC(=O)CCNc1nc2ccccc2cc1C#N. The average Bonchev–Trinajstić information content (AvgIpc) is 2.45. The van der Waals surface area contributed by atoms with E-state index < -0.39 is 0 Å². The van der Waals surface area contributed by atoms with E-state index in [2.05, 4.69) is 21.7 Å². The van der Waals surface area contributed by atoms with Gasteiger partial charge in [-0.3, -0.25) is 4.79 Å². The second-order valence-corrected chi connectivity index (χ2v) is 5.09. The number of carbonyl (C=O) groups is 1. The van der Waals surface area contributed by atoms with E-state index in [0.717, 1.165) is 10.9 Å². The van der Waals surface area contributed by atoms with Gasteiger partial charge in [-0.05, 0) is 26.0 Å². The van der Waals surface area contributed by atoms with Gasteiger partial charge in [0.25, 0.3) is 0 Å². The number of hydrogen-bond acceptors (Lipinski definition) is 4. The van der Waals surface area contributed by atoms with Gasteiger partial charge in [0.05, 0.1) is 11.1 Å². The molecule has 0 aliphatic rings. The molecular weight excluding hydrogens is 264 g/mol. The van der Waals surface area contributed by atoms with Gasteiger partial charge >= 0.3 is 0 Å². The zero-order chi connectivity index (χ0) is 15.2. The van der Waals surface area contributed by atoms with Crippen LogP contribution in [0.3, 0.4) is 0 Å². The van der Waals surface area contributed by atoms with E-state index >= 15 is 0 Å². The quantitative estimate of drug-likeness (QED) is 0.883. The van der Waals surface area contributed by atoms with Gasteiger partial charge < -0.3 is 10.6 Å². The summed E-state index contributed by atoms with van der Waals surface area (Å²) >= 11 is 0. The van der Waals surface area contributed by atoms with Crippen molar-refractivity contribution in [2.75, 3.05) is 11.9 Å². The molecule has 108 valence electrons. The third-order valence-corrected chi connectivity index (χ3v) is 2.94. The standard InChI is InChI=1S/C16H18N4O/c1-11(2)19-15(21)7-8-18-16-13(10-17)9-12-5-3-4-6-14(12)20-16/h3-6,9,11H,7-8H2,1-2H3,(H,18,20)(H,19,21). The second-order valence-electron chi connectivity index (χ2n) is 5.09. The Kier molecular flexibility index (Phi) is 4.72. The fraction of sp³-hybridized carbons (Fsp3) is 0.312. The molecule has 0 fully saturated rings. The van der Waals surface area contributed by atoms with Crippen molar-refractivity contribution in [3.8, 4) is 6.07 Å². The molecule has 0 saturated heterocycles. The largest absolute Gasteiger partial charge is 0.368 e. The number of aromatic nitrogens is 1. The first-order chi connectivity index (χ1) is 10.1. The molecule has 1 aromatic carbocycles. The van der Waals surface area contributed by atoms with Crippen LogP contribution in [0.5, 0.6) is 0 Å². The summed E-state index contributed by atoms with van der Waals surface area (Å²) in [5.74, 6) is 0.505. The Hall–Kier alpha value is -2.61. The fourth-order valence-corrected chi connectivity index (χ4v) is 2.02. The van der Waals surface area contributed by atoms with Crippen LogP contribution in [-0.2, 0) is 4.79 Å². The Morgan fingerprint density at radius 3 is 2.86 bits per heavy atom. The molecule has 1 amide bonds. The molecule has 2 rings (SSSR count). The van der Waals surface area contributed by atoms with E-state index in [1.54, 1.807) is 6.07 Å². The first-order valence-electron chi connectivity index (χ1n) is 6.93. The lowest BCUT2D eigenvalue weighted by Gasteiger charge is -2.10. The van der Waals surface area contributed by atoms with Crippen molar-refractivity contribution >= 4 is 22.6 Å². The van der Waals surface area contributed by atoms with E-state index in [1.165, 1.54) is 0 Å². The smallest absolute Gasteiger partial charge is 0.221 e. The molecule has 0 saturated carbocycles. The summed E-state index contributed by atoms with van der Waals surface area (Å²) < 4.78 is 0. The van der Waals surface area contributed by atoms with Gasteiger partial charge in [-0.1, -0.05) is 18.2 Å². The van der Waals surface area contributed by atoms with Crippen LogP contribution in [-0.4, -0.2) is 23.5 Å². The van der Waals surface area contributed by atoms with Crippen LogP contribution in [0.15, 0.2) is 30.3 Å². The van der Waals surface area contributed by atoms with Gasteiger partial charge in [-0.25, -0.2) is 4.98 Å². The summed E-state index contributed by atoms with van der Waals surface area (Å²) in [6.07, 6.45) is 0.345. The van der Waals surface area contributed by atoms with Crippen molar-refractivity contribution < 1.29 is 4.79 Å². The Morgan fingerprint density at radius 1 is 1.38 bits per heavy atom. The lowest BCUT2D eigenvalue weighted by atomic mass is 10.1. The van der Waals surface area contributed by atoms with Gasteiger partial charge in [0.2, 0.25) is 5.91 Å². The number of anilines is 1. The Balaban J connectivity index is 2.07. The van der Waals surface area contributed by atoms with Gasteiger partial charge in [-0.2, -0.15) is 5.26 Å². The first kappa shape index (κ1) is 14.8. The molecule has 2 N–H and O–H groups in total. The minimum atomic E-state index is -0.0169. The molecule has 5 heteroatoms. The fourth-order valence-electron chi connectivity index (χ4n) is 2.02. The third-order valence-electron chi connectivity index (χ3n) is 2.94. The molecule has 0 aliphatic heterocycles. The molecule has 0 spiro atoms. The summed E-state index contributed by atoms with van der Waals surface area (Å²) in [5, 5.41) is 16.0. The predicted molar refractivity (Wildman–Crippen MR) is 82.8 cm³/mol. The Bertz CT molecular complexity index is 688. The number of hydrogen-bond donors (Lipinski definition) is 2. The molecule has 0 unspecified atom stereocenters. The molecule has 1 heterocycles. The number of pyridine rings is 1. The van der Waals surface area contributed by atoms with Crippen molar-refractivity contribution in [3.63, 3.8) is 0 Å². The number of para-hydroxylation sites is 1. The number of benzene rings is 1. The predicted octanol–water partition coefficient (Wildman–Crippen LogP) is 2.43. The molecule has 2 aromatic rings. The maximum Gasteiger partial charge on any atom is 0.221 e. The monoisotopic (exact) mass is 282 g/mol. The van der Waals surface area contributed by atoms with Crippen LogP contribution in [0.4, 0.5) is 5.82 Å². The second kappa shape index (κ2) is 6.71. The van der Waals surface area contributed by atoms with E-state index in [4.69, 9.17) is 0 Å². The van der Waals surface area contributed by atoms with Gasteiger partial charge in [0.1, 0.15) is 11.9 Å². The number of nitrogens with one attached hydrogen (secondary N) is 2. The van der Waals surface area contributed by atoms with Gasteiger partial charge in [0.15, 0.2) is 0 Å². The summed E-state index contributed by atoms with van der Waals surface area (Å²) in [4.78, 5) is 16.0. The van der Waals surface area contributed by atoms with E-state index in [9.17, 15) is 10.1 Å². The van der Waals surface area contributed by atoms with E-state index in [1.807, 2.05) is 38.1 Å². The molecule has 5 nitrogen and oxygen atoms in total. The van der Waals surface area contributed by atoms with Crippen LogP contribution in [0, 0.1) is 11.3 Å². The first-order valence-corrected chi connectivity index (χ1v) is 6.93. The highest BCUT2D eigenvalue weighted by Crippen LogP contribution is 2.19. The van der Waals surface area contributed by atoms with Gasteiger partial charge in [0, 0.05) is 24.4 Å². The highest BCUT2D eigenvalue weighted by Gasteiger charge is 2.07. The Morgan fingerprint density at radius 2 is 2.14 bits per heavy atom. The highest BCUT2D eigenvalue weighted by molar-refractivity contribution is 5.83. The number of nitrogens with zero attached hydrogens (tertiary/aromatic N) is 2. The number of fused-ring (bicyclic) bond motifs is 1. The molecule has 0 atom stereocenters. The summed E-state index contributed by atoms with van der Waals surface area (Å²) in [6, 6.07) is 11.7. The molecule has 0 aliphatic carbocycles. The van der Waals surface area contributed by atoms with E-state index in [0.29, 0.717) is 24.3 Å². The van der Waals surface area contributed by atoms with Crippen LogP contribution >= 0.6 is 0 Å². The average molecular weight is 282 g/mol. The molecule has 0 radical (unpaired) electrons. The zero-order valence-corrected chi connectivity index (χ0v) is 12.2. The highest BCUT2D eigenvalue weighted by atomic mass is 16.1. The maximum absolute atomic E-state index is 11.6. The zero-order valence-electron chi connectivity index (χ0n) is 12.2. The minimum absolute atomic E-state index is 0.0169. The van der Waals surface area contributed by atoms with Crippen molar-refractivity contribution in [1.29, 1.82) is 5.26 Å². The molecular formula is C16H18N4O. The van der Waals surface area contributed by atoms with Crippen molar-refractivity contribution in [2.24, 2.45) is 0 Å². The minimum Gasteiger partial charge on any atom is -0.368 e. The van der Waals surface area contributed by atoms with E-state index in [-0.39, 0.29) is 11.9 Å². The topological polar surface area (TPSA) is 77.8 Å². The summed E-state index contributed by atoms with van der Waals surface area (Å²) in [6.45, 7) is 4.28. The maximum atomic E-state index is 11.6. The lowest BCUT2D eigenvalue weighted by Crippen LogP contribution is -2.31. The number of amides is 1. The molecule has 21 heavy (non-hydrogen) atoms. The third kappa shape index (κ3) is 3.93. The summed E-state index contributed by atoms with van der Waals surface area (Å²) in [5.41, 5.74) is 1.31. The summed E-state index contributed by atoms with van der Waals surface area (Å²) in [7, 11) is 0. The normalized spacial score (nSPS) is 10.4. The number of carbonyl (C=O) groups excluding carboxylic acids is 1. The van der Waals surface area contributed by atoms with Crippen LogP contribution in [0.1, 0.15) is 25.8 Å².